The third-order valence-electron chi connectivity index (χ3n) is 2.65. The molecule has 0 aromatic rings. The second-order valence-corrected chi connectivity index (χ2v) is 4.63. The van der Waals surface area contributed by atoms with Crippen molar-refractivity contribution in [2.75, 3.05) is 67.1 Å². The van der Waals surface area contributed by atoms with Gasteiger partial charge in [-0.25, -0.2) is 0 Å². The summed E-state index contributed by atoms with van der Waals surface area (Å²) in [7, 11) is 3.11. The maximum absolute atomic E-state index is 9.37. The molecule has 0 saturated carbocycles. The van der Waals surface area contributed by atoms with E-state index in [0.717, 1.165) is 0 Å². The van der Waals surface area contributed by atoms with E-state index in [0.29, 0.717) is 65.7 Å². The van der Waals surface area contributed by atoms with Crippen LogP contribution in [-0.2, 0) is 23.7 Å². The van der Waals surface area contributed by atoms with Gasteiger partial charge in [-0.05, 0) is 12.8 Å². The molecular formula is C14H30O7. The normalized spacial score (nSPS) is 14.3. The van der Waals surface area contributed by atoms with Gasteiger partial charge in [0, 0.05) is 27.4 Å². The third-order valence-corrected chi connectivity index (χ3v) is 2.65. The topological polar surface area (TPSA) is 86.6 Å². The Morgan fingerprint density at radius 2 is 0.952 bits per heavy atom. The largest absolute Gasteiger partial charge is 0.391 e. The smallest absolute Gasteiger partial charge is 0.0795 e. The molecule has 0 fully saturated rings. The molecule has 21 heavy (non-hydrogen) atoms. The number of hydrogen-bond acceptors (Lipinski definition) is 7. The van der Waals surface area contributed by atoms with Crippen LogP contribution < -0.4 is 0 Å². The van der Waals surface area contributed by atoms with Crippen LogP contribution in [0.15, 0.2) is 0 Å². The molecular weight excluding hydrogens is 280 g/mol. The first kappa shape index (κ1) is 20.7. The summed E-state index contributed by atoms with van der Waals surface area (Å²) in [5.41, 5.74) is 0. The van der Waals surface area contributed by atoms with Crippen molar-refractivity contribution in [3.8, 4) is 0 Å². The molecule has 0 aliphatic carbocycles. The summed E-state index contributed by atoms with van der Waals surface area (Å²) in [6.07, 6.45) is 0.164. The molecule has 2 unspecified atom stereocenters. The molecule has 0 saturated heterocycles. The number of aliphatic hydroxyl groups is 2. The molecule has 0 aliphatic rings. The highest BCUT2D eigenvalue weighted by Crippen LogP contribution is 1.94. The number of hydrogen-bond donors (Lipinski definition) is 2. The van der Waals surface area contributed by atoms with Gasteiger partial charge in [0.25, 0.3) is 0 Å². The minimum atomic E-state index is -0.474. The quantitative estimate of drug-likeness (QED) is 0.383. The van der Waals surface area contributed by atoms with Crippen LogP contribution in [0.5, 0.6) is 0 Å². The first-order chi connectivity index (χ1) is 10.2. The van der Waals surface area contributed by atoms with E-state index in [1.54, 1.807) is 14.2 Å². The summed E-state index contributed by atoms with van der Waals surface area (Å²) in [4.78, 5) is 0. The van der Waals surface area contributed by atoms with Crippen molar-refractivity contribution in [3.05, 3.63) is 0 Å². The number of aliphatic hydroxyl groups excluding tert-OH is 2. The van der Waals surface area contributed by atoms with E-state index >= 15 is 0 Å². The molecule has 2 atom stereocenters. The van der Waals surface area contributed by atoms with Gasteiger partial charge in [-0.15, -0.1) is 0 Å². The van der Waals surface area contributed by atoms with Crippen molar-refractivity contribution in [2.24, 2.45) is 0 Å². The Kier molecular flexibility index (Phi) is 15.9. The molecule has 2 N–H and O–H groups in total. The number of rotatable bonds is 16. The Morgan fingerprint density at radius 1 is 0.619 bits per heavy atom. The molecule has 0 aliphatic heterocycles. The standard InChI is InChI=1S/C14H30O7/c1-17-11-13(15)3-5-19-7-9-21-10-8-20-6-4-14(16)12-18-2/h13-16H,3-12H2,1-2H3. The number of ether oxygens (including phenoxy) is 5. The SMILES string of the molecule is COCC(O)CCOCCOCCOCCC(O)COC. The van der Waals surface area contributed by atoms with Crippen LogP contribution in [0.1, 0.15) is 12.8 Å². The average Bonchev–Trinajstić information content (AvgIpc) is 2.45. The highest BCUT2D eigenvalue weighted by atomic mass is 16.5. The van der Waals surface area contributed by atoms with Crippen LogP contribution in [-0.4, -0.2) is 89.5 Å². The zero-order valence-corrected chi connectivity index (χ0v) is 13.2. The van der Waals surface area contributed by atoms with Crippen LogP contribution in [0.4, 0.5) is 0 Å². The fraction of sp³-hybridized carbons (Fsp3) is 1.00. The summed E-state index contributed by atoms with van der Waals surface area (Å²) < 4.78 is 25.5. The minimum absolute atomic E-state index is 0.330. The van der Waals surface area contributed by atoms with Crippen LogP contribution in [0.25, 0.3) is 0 Å². The van der Waals surface area contributed by atoms with Gasteiger partial charge in [-0.2, -0.15) is 0 Å². The van der Waals surface area contributed by atoms with E-state index in [1.807, 2.05) is 0 Å². The predicted octanol–water partition coefficient (Wildman–Crippen LogP) is -0.169. The van der Waals surface area contributed by atoms with E-state index in [9.17, 15) is 10.2 Å². The Morgan fingerprint density at radius 3 is 1.29 bits per heavy atom. The molecule has 0 spiro atoms. The van der Waals surface area contributed by atoms with Gasteiger partial charge in [0.1, 0.15) is 0 Å². The molecule has 0 amide bonds. The zero-order chi connectivity index (χ0) is 15.8. The van der Waals surface area contributed by atoms with E-state index in [1.165, 1.54) is 0 Å². The van der Waals surface area contributed by atoms with Crippen LogP contribution in [0, 0.1) is 0 Å². The van der Waals surface area contributed by atoms with Gasteiger partial charge < -0.3 is 33.9 Å². The van der Waals surface area contributed by atoms with Crippen LogP contribution in [0.3, 0.4) is 0 Å². The first-order valence-corrected chi connectivity index (χ1v) is 7.28. The van der Waals surface area contributed by atoms with E-state index < -0.39 is 12.2 Å². The fourth-order valence-corrected chi connectivity index (χ4v) is 1.53. The van der Waals surface area contributed by atoms with Gasteiger partial charge in [0.2, 0.25) is 0 Å². The minimum Gasteiger partial charge on any atom is -0.391 e. The van der Waals surface area contributed by atoms with E-state index in [-0.39, 0.29) is 0 Å². The van der Waals surface area contributed by atoms with Crippen molar-refractivity contribution in [3.63, 3.8) is 0 Å². The van der Waals surface area contributed by atoms with E-state index in [2.05, 4.69) is 0 Å². The molecule has 0 aromatic carbocycles. The summed E-state index contributed by atoms with van der Waals surface area (Å²) in [6.45, 7) is 3.61. The Bertz CT molecular complexity index is 184. The Hall–Kier alpha value is -0.280. The maximum Gasteiger partial charge on any atom is 0.0795 e. The lowest BCUT2D eigenvalue weighted by atomic mass is 10.3. The molecule has 128 valence electrons. The average molecular weight is 310 g/mol. The van der Waals surface area contributed by atoms with Gasteiger partial charge in [-0.3, -0.25) is 0 Å². The first-order valence-electron chi connectivity index (χ1n) is 7.28. The second kappa shape index (κ2) is 16.1. The molecule has 0 rings (SSSR count). The van der Waals surface area contributed by atoms with Crippen molar-refractivity contribution in [1.82, 2.24) is 0 Å². The Labute approximate surface area is 127 Å². The lowest BCUT2D eigenvalue weighted by molar-refractivity contribution is -0.00803. The second-order valence-electron chi connectivity index (χ2n) is 4.63. The van der Waals surface area contributed by atoms with Gasteiger partial charge in [-0.1, -0.05) is 0 Å². The highest BCUT2D eigenvalue weighted by molar-refractivity contribution is 4.52. The summed E-state index contributed by atoms with van der Waals surface area (Å²) in [5, 5.41) is 18.7. The molecule has 0 radical (unpaired) electrons. The Balaban J connectivity index is 3.09. The maximum atomic E-state index is 9.37. The molecule has 7 heteroatoms. The summed E-state index contributed by atoms with van der Waals surface area (Å²) in [6, 6.07) is 0. The van der Waals surface area contributed by atoms with Crippen molar-refractivity contribution < 1.29 is 33.9 Å². The molecule has 0 bridgehead atoms. The third kappa shape index (κ3) is 15.9. The van der Waals surface area contributed by atoms with Crippen molar-refractivity contribution in [1.29, 1.82) is 0 Å². The zero-order valence-electron chi connectivity index (χ0n) is 13.2. The van der Waals surface area contributed by atoms with Gasteiger partial charge in [0.15, 0.2) is 0 Å². The predicted molar refractivity (Wildman–Crippen MR) is 77.5 cm³/mol. The van der Waals surface area contributed by atoms with E-state index in [4.69, 9.17) is 23.7 Å². The van der Waals surface area contributed by atoms with Gasteiger partial charge in [0.05, 0.1) is 51.8 Å². The monoisotopic (exact) mass is 310 g/mol. The molecule has 0 aromatic heterocycles. The lowest BCUT2D eigenvalue weighted by Gasteiger charge is -2.11. The molecule has 0 heterocycles. The fourth-order valence-electron chi connectivity index (χ4n) is 1.53. The lowest BCUT2D eigenvalue weighted by Crippen LogP contribution is -2.18. The molecule has 7 nitrogen and oxygen atoms in total. The summed E-state index contributed by atoms with van der Waals surface area (Å²) in [5.74, 6) is 0. The van der Waals surface area contributed by atoms with Crippen molar-refractivity contribution in [2.45, 2.75) is 25.0 Å². The highest BCUT2D eigenvalue weighted by Gasteiger charge is 2.03. The number of methoxy groups -OCH3 is 2. The van der Waals surface area contributed by atoms with Crippen LogP contribution in [0.2, 0.25) is 0 Å². The van der Waals surface area contributed by atoms with Gasteiger partial charge >= 0.3 is 0 Å². The summed E-state index contributed by atoms with van der Waals surface area (Å²) >= 11 is 0. The van der Waals surface area contributed by atoms with Crippen LogP contribution >= 0.6 is 0 Å². The van der Waals surface area contributed by atoms with Crippen molar-refractivity contribution >= 4 is 0 Å².